The Morgan fingerprint density at radius 2 is 1.65 bits per heavy atom. The SMILES string of the molecule is COc1cccc(OC)c1-n1c(CS(=O)(=O)[C@@H](C)[C@@H](C)c2ncc(F)cn2)nnc1-c1cncc(C)c1. The van der Waals surface area contributed by atoms with E-state index in [1.165, 1.54) is 14.2 Å². The van der Waals surface area contributed by atoms with Crippen LogP contribution in [0.2, 0.25) is 0 Å². The summed E-state index contributed by atoms with van der Waals surface area (Å²) in [5.41, 5.74) is 2.00. The number of sulfone groups is 1. The second-order valence-corrected chi connectivity index (χ2v) is 11.0. The third-order valence-electron chi connectivity index (χ3n) is 6.14. The number of para-hydroxylation sites is 1. The van der Waals surface area contributed by atoms with Crippen molar-refractivity contribution in [3.05, 3.63) is 72.1 Å². The molecule has 0 unspecified atom stereocenters. The summed E-state index contributed by atoms with van der Waals surface area (Å²) in [6.45, 7) is 5.16. The van der Waals surface area contributed by atoms with Gasteiger partial charge in [0.2, 0.25) is 0 Å². The first-order valence-electron chi connectivity index (χ1n) is 11.4. The van der Waals surface area contributed by atoms with Gasteiger partial charge in [-0.3, -0.25) is 9.55 Å². The molecule has 10 nitrogen and oxygen atoms in total. The van der Waals surface area contributed by atoms with Crippen molar-refractivity contribution in [2.45, 2.75) is 37.7 Å². The number of rotatable bonds is 9. The molecule has 0 saturated heterocycles. The minimum absolute atomic E-state index is 0.165. The Labute approximate surface area is 214 Å². The molecule has 3 aromatic heterocycles. The first-order valence-corrected chi connectivity index (χ1v) is 13.1. The van der Waals surface area contributed by atoms with Crippen LogP contribution >= 0.6 is 0 Å². The molecule has 0 radical (unpaired) electrons. The predicted octanol–water partition coefficient (Wildman–Crippen LogP) is 3.69. The third kappa shape index (κ3) is 5.29. The van der Waals surface area contributed by atoms with Crippen molar-refractivity contribution in [2.24, 2.45) is 0 Å². The zero-order valence-electron chi connectivity index (χ0n) is 21.1. The normalized spacial score (nSPS) is 13.2. The van der Waals surface area contributed by atoms with Crippen LogP contribution in [0, 0.1) is 12.7 Å². The highest BCUT2D eigenvalue weighted by Crippen LogP contribution is 2.37. The molecule has 0 aliphatic rings. The van der Waals surface area contributed by atoms with Gasteiger partial charge in [0.25, 0.3) is 0 Å². The van der Waals surface area contributed by atoms with Crippen molar-refractivity contribution in [3.63, 3.8) is 0 Å². The van der Waals surface area contributed by atoms with E-state index in [9.17, 15) is 12.8 Å². The van der Waals surface area contributed by atoms with Crippen molar-refractivity contribution in [1.29, 1.82) is 0 Å². The second-order valence-electron chi connectivity index (χ2n) is 8.60. The van der Waals surface area contributed by atoms with Gasteiger partial charge in [0, 0.05) is 23.9 Å². The smallest absolute Gasteiger partial charge is 0.170 e. The van der Waals surface area contributed by atoms with Crippen molar-refractivity contribution in [1.82, 2.24) is 29.7 Å². The lowest BCUT2D eigenvalue weighted by molar-refractivity contribution is 0.390. The quantitative estimate of drug-likeness (QED) is 0.321. The number of nitrogens with zero attached hydrogens (tertiary/aromatic N) is 6. The fourth-order valence-electron chi connectivity index (χ4n) is 3.95. The van der Waals surface area contributed by atoms with Gasteiger partial charge < -0.3 is 9.47 Å². The molecule has 12 heteroatoms. The molecule has 1 aromatic carbocycles. The lowest BCUT2D eigenvalue weighted by atomic mass is 10.1. The number of halogens is 1. The topological polar surface area (TPSA) is 122 Å². The minimum Gasteiger partial charge on any atom is -0.494 e. The summed E-state index contributed by atoms with van der Waals surface area (Å²) in [6.07, 6.45) is 5.37. The summed E-state index contributed by atoms with van der Waals surface area (Å²) in [5.74, 6) is 0.0444. The highest BCUT2D eigenvalue weighted by molar-refractivity contribution is 7.91. The van der Waals surface area contributed by atoms with Gasteiger partial charge in [0.15, 0.2) is 27.3 Å². The molecule has 4 rings (SSSR count). The lowest BCUT2D eigenvalue weighted by Gasteiger charge is -2.20. The summed E-state index contributed by atoms with van der Waals surface area (Å²) >= 11 is 0. The van der Waals surface area contributed by atoms with E-state index in [2.05, 4.69) is 25.1 Å². The van der Waals surface area contributed by atoms with Crippen LogP contribution in [0.5, 0.6) is 11.5 Å². The van der Waals surface area contributed by atoms with E-state index in [0.717, 1.165) is 18.0 Å². The van der Waals surface area contributed by atoms with Crippen molar-refractivity contribution in [3.8, 4) is 28.6 Å². The standard InChI is InChI=1S/C25H27FN6O4S/c1-15-9-18(11-27-10-15)25-31-30-22(32(25)23-20(35-4)7-6-8-21(23)36-5)14-37(33,34)17(3)16(2)24-28-12-19(26)13-29-24/h6-13,16-17H,14H2,1-5H3/t16-,17+/m1/s1. The van der Waals surface area contributed by atoms with Gasteiger partial charge in [-0.15, -0.1) is 10.2 Å². The molecule has 0 N–H and O–H groups in total. The molecule has 0 amide bonds. The first-order chi connectivity index (χ1) is 17.7. The molecule has 37 heavy (non-hydrogen) atoms. The minimum atomic E-state index is -3.81. The summed E-state index contributed by atoms with van der Waals surface area (Å²) in [4.78, 5) is 12.2. The summed E-state index contributed by atoms with van der Waals surface area (Å²) < 4.78 is 53.3. The Morgan fingerprint density at radius 1 is 1.00 bits per heavy atom. The average Bonchev–Trinajstić information content (AvgIpc) is 3.29. The predicted molar refractivity (Wildman–Crippen MR) is 135 cm³/mol. The molecule has 0 aliphatic heterocycles. The number of hydrogen-bond acceptors (Lipinski definition) is 9. The zero-order chi connectivity index (χ0) is 26.7. The van der Waals surface area contributed by atoms with E-state index in [1.54, 1.807) is 49.0 Å². The molecule has 194 valence electrons. The van der Waals surface area contributed by atoms with Crippen LogP contribution in [0.4, 0.5) is 4.39 Å². The van der Waals surface area contributed by atoms with Crippen LogP contribution in [0.1, 0.15) is 37.0 Å². The highest BCUT2D eigenvalue weighted by Gasteiger charge is 2.33. The number of hydrogen-bond donors (Lipinski definition) is 0. The van der Waals surface area contributed by atoms with E-state index in [4.69, 9.17) is 9.47 Å². The fraction of sp³-hybridized carbons (Fsp3) is 0.320. The largest absolute Gasteiger partial charge is 0.494 e. The monoisotopic (exact) mass is 526 g/mol. The van der Waals surface area contributed by atoms with Crippen LogP contribution in [0.15, 0.2) is 49.1 Å². The van der Waals surface area contributed by atoms with Gasteiger partial charge in [0.1, 0.15) is 28.8 Å². The van der Waals surface area contributed by atoms with Gasteiger partial charge >= 0.3 is 0 Å². The van der Waals surface area contributed by atoms with E-state index in [-0.39, 0.29) is 11.6 Å². The summed E-state index contributed by atoms with van der Waals surface area (Å²) in [6, 6.07) is 7.13. The summed E-state index contributed by atoms with van der Waals surface area (Å²) in [5, 5.41) is 7.72. The molecule has 0 bridgehead atoms. The molecule has 3 heterocycles. The summed E-state index contributed by atoms with van der Waals surface area (Å²) in [7, 11) is -0.785. The third-order valence-corrected chi connectivity index (χ3v) is 8.34. The Hall–Kier alpha value is -3.93. The van der Waals surface area contributed by atoms with Crippen LogP contribution < -0.4 is 9.47 Å². The fourth-order valence-corrected chi connectivity index (χ4v) is 5.50. The first kappa shape index (κ1) is 26.1. The van der Waals surface area contributed by atoms with Crippen molar-refractivity contribution in [2.75, 3.05) is 14.2 Å². The molecule has 0 saturated carbocycles. The van der Waals surface area contributed by atoms with Gasteiger partial charge in [-0.25, -0.2) is 22.8 Å². The maximum Gasteiger partial charge on any atom is 0.170 e. The van der Waals surface area contributed by atoms with Crippen LogP contribution in [-0.2, 0) is 15.6 Å². The molecular formula is C25H27FN6O4S. The second kappa shape index (κ2) is 10.6. The Morgan fingerprint density at radius 3 is 2.24 bits per heavy atom. The van der Waals surface area contributed by atoms with Crippen LogP contribution in [-0.4, -0.2) is 57.6 Å². The molecule has 0 aliphatic carbocycles. The van der Waals surface area contributed by atoms with Gasteiger partial charge in [-0.05, 0) is 37.6 Å². The Bertz CT molecular complexity index is 1490. The zero-order valence-corrected chi connectivity index (χ0v) is 21.9. The number of aromatic nitrogens is 6. The number of pyridine rings is 1. The lowest BCUT2D eigenvalue weighted by Crippen LogP contribution is -2.27. The van der Waals surface area contributed by atoms with Crippen LogP contribution in [0.25, 0.3) is 17.1 Å². The Kier molecular flexibility index (Phi) is 7.48. The average molecular weight is 527 g/mol. The van der Waals surface area contributed by atoms with E-state index >= 15 is 0 Å². The molecular weight excluding hydrogens is 499 g/mol. The number of aryl methyl sites for hydroxylation is 1. The number of methoxy groups -OCH3 is 2. The van der Waals surface area contributed by atoms with E-state index in [0.29, 0.717) is 28.6 Å². The van der Waals surface area contributed by atoms with Gasteiger partial charge in [-0.1, -0.05) is 13.0 Å². The maximum absolute atomic E-state index is 13.6. The molecule has 2 atom stereocenters. The molecule has 0 fully saturated rings. The molecule has 4 aromatic rings. The molecule has 0 spiro atoms. The van der Waals surface area contributed by atoms with E-state index in [1.807, 2.05) is 13.0 Å². The highest BCUT2D eigenvalue weighted by atomic mass is 32.2. The van der Waals surface area contributed by atoms with Gasteiger partial charge in [-0.2, -0.15) is 0 Å². The van der Waals surface area contributed by atoms with E-state index < -0.39 is 32.6 Å². The Balaban J connectivity index is 1.83. The van der Waals surface area contributed by atoms with Crippen molar-refractivity contribution >= 4 is 9.84 Å². The van der Waals surface area contributed by atoms with Gasteiger partial charge in [0.05, 0.1) is 31.9 Å². The van der Waals surface area contributed by atoms with Crippen molar-refractivity contribution < 1.29 is 22.3 Å². The van der Waals surface area contributed by atoms with Crippen LogP contribution in [0.3, 0.4) is 0 Å². The maximum atomic E-state index is 13.6. The number of ether oxygens (including phenoxy) is 2. The number of benzene rings is 1.